The van der Waals surface area contributed by atoms with E-state index in [1.54, 1.807) is 0 Å². The molecule has 0 saturated heterocycles. The van der Waals surface area contributed by atoms with Crippen molar-refractivity contribution in [1.29, 1.82) is 0 Å². The molecule has 0 radical (unpaired) electrons. The summed E-state index contributed by atoms with van der Waals surface area (Å²) in [6.07, 6.45) is 2.25. The minimum atomic E-state index is -0.515. The zero-order valence-corrected chi connectivity index (χ0v) is 10.7. The van der Waals surface area contributed by atoms with Gasteiger partial charge in [-0.3, -0.25) is 0 Å². The summed E-state index contributed by atoms with van der Waals surface area (Å²) in [6.45, 7) is 4.06. The SMILES string of the molecule is CCCC[C@H](O)[C@H](N)c1c(C)cccc1Cl. The van der Waals surface area contributed by atoms with Crippen molar-refractivity contribution in [1.82, 2.24) is 0 Å². The molecular formula is C13H20ClNO. The number of aliphatic hydroxyl groups is 1. The maximum atomic E-state index is 9.97. The second-order valence-corrected chi connectivity index (χ2v) is 4.61. The number of hydrogen-bond donors (Lipinski definition) is 2. The van der Waals surface area contributed by atoms with Crippen molar-refractivity contribution >= 4 is 11.6 Å². The largest absolute Gasteiger partial charge is 0.391 e. The number of halogens is 1. The number of nitrogens with two attached hydrogens (primary N) is 1. The Bertz CT molecular complexity index is 320. The Morgan fingerprint density at radius 3 is 2.69 bits per heavy atom. The molecule has 2 atom stereocenters. The summed E-state index contributed by atoms with van der Waals surface area (Å²) in [5.41, 5.74) is 7.95. The van der Waals surface area contributed by atoms with Crippen molar-refractivity contribution in [3.05, 3.63) is 34.3 Å². The minimum Gasteiger partial charge on any atom is -0.391 e. The molecule has 3 N–H and O–H groups in total. The van der Waals surface area contributed by atoms with Crippen LogP contribution in [0.15, 0.2) is 18.2 Å². The van der Waals surface area contributed by atoms with E-state index in [4.69, 9.17) is 17.3 Å². The van der Waals surface area contributed by atoms with Crippen LogP contribution in [0.3, 0.4) is 0 Å². The molecule has 3 heteroatoms. The second-order valence-electron chi connectivity index (χ2n) is 4.21. The Kier molecular flexibility index (Phi) is 5.26. The molecule has 16 heavy (non-hydrogen) atoms. The lowest BCUT2D eigenvalue weighted by Crippen LogP contribution is -2.27. The van der Waals surface area contributed by atoms with Gasteiger partial charge in [-0.15, -0.1) is 0 Å². The van der Waals surface area contributed by atoms with Crippen molar-refractivity contribution in [2.45, 2.75) is 45.3 Å². The molecule has 0 amide bonds. The third-order valence-corrected chi connectivity index (χ3v) is 3.20. The van der Waals surface area contributed by atoms with Gasteiger partial charge in [0.2, 0.25) is 0 Å². The van der Waals surface area contributed by atoms with Gasteiger partial charge < -0.3 is 10.8 Å². The van der Waals surface area contributed by atoms with E-state index in [9.17, 15) is 5.11 Å². The summed E-state index contributed by atoms with van der Waals surface area (Å²) in [5, 5.41) is 10.6. The summed E-state index contributed by atoms with van der Waals surface area (Å²) in [5.74, 6) is 0. The van der Waals surface area contributed by atoms with Gasteiger partial charge in [-0.05, 0) is 30.5 Å². The lowest BCUT2D eigenvalue weighted by atomic mass is 9.95. The first-order valence-corrected chi connectivity index (χ1v) is 6.14. The van der Waals surface area contributed by atoms with Crippen LogP contribution in [0, 0.1) is 6.92 Å². The highest BCUT2D eigenvalue weighted by molar-refractivity contribution is 6.31. The molecule has 0 aliphatic rings. The lowest BCUT2D eigenvalue weighted by Gasteiger charge is -2.21. The van der Waals surface area contributed by atoms with E-state index < -0.39 is 6.10 Å². The molecule has 0 heterocycles. The smallest absolute Gasteiger partial charge is 0.0733 e. The van der Waals surface area contributed by atoms with E-state index in [1.165, 1.54) is 0 Å². The topological polar surface area (TPSA) is 46.2 Å². The molecule has 0 aliphatic heterocycles. The summed E-state index contributed by atoms with van der Waals surface area (Å²) in [7, 11) is 0. The zero-order valence-electron chi connectivity index (χ0n) is 9.91. The Morgan fingerprint density at radius 2 is 2.12 bits per heavy atom. The summed E-state index contributed by atoms with van der Waals surface area (Å²) >= 11 is 6.11. The first-order chi connectivity index (χ1) is 7.57. The van der Waals surface area contributed by atoms with E-state index >= 15 is 0 Å². The highest BCUT2D eigenvalue weighted by Gasteiger charge is 2.20. The molecule has 1 aromatic rings. The molecule has 90 valence electrons. The molecule has 0 unspecified atom stereocenters. The molecule has 1 aromatic carbocycles. The maximum absolute atomic E-state index is 9.97. The van der Waals surface area contributed by atoms with Crippen LogP contribution in [0.2, 0.25) is 5.02 Å². The van der Waals surface area contributed by atoms with Crippen molar-refractivity contribution in [2.75, 3.05) is 0 Å². The number of benzene rings is 1. The Balaban J connectivity index is 2.82. The maximum Gasteiger partial charge on any atom is 0.0733 e. The summed E-state index contributed by atoms with van der Waals surface area (Å²) in [4.78, 5) is 0. The standard InChI is InChI=1S/C13H20ClNO/c1-3-4-8-11(16)13(15)12-9(2)6-5-7-10(12)14/h5-7,11,13,16H,3-4,8,15H2,1-2H3/t11-,13-/m0/s1. The monoisotopic (exact) mass is 241 g/mol. The molecule has 0 spiro atoms. The quantitative estimate of drug-likeness (QED) is 0.832. The van der Waals surface area contributed by atoms with Crippen molar-refractivity contribution in [3.8, 4) is 0 Å². The predicted molar refractivity (Wildman–Crippen MR) is 68.6 cm³/mol. The number of rotatable bonds is 5. The highest BCUT2D eigenvalue weighted by atomic mass is 35.5. The summed E-state index contributed by atoms with van der Waals surface area (Å²) < 4.78 is 0. The van der Waals surface area contributed by atoms with E-state index in [2.05, 4.69) is 6.92 Å². The fraction of sp³-hybridized carbons (Fsp3) is 0.538. The summed E-state index contributed by atoms with van der Waals surface area (Å²) in [6, 6.07) is 5.29. The average molecular weight is 242 g/mol. The van der Waals surface area contributed by atoms with Gasteiger partial charge in [0.1, 0.15) is 0 Å². The van der Waals surface area contributed by atoms with Gasteiger partial charge in [0.15, 0.2) is 0 Å². The Morgan fingerprint density at radius 1 is 1.44 bits per heavy atom. The normalized spacial score (nSPS) is 14.8. The molecule has 0 fully saturated rings. The van der Waals surface area contributed by atoms with Gasteiger partial charge in [0.05, 0.1) is 12.1 Å². The average Bonchev–Trinajstić information content (AvgIpc) is 2.25. The third kappa shape index (κ3) is 3.21. The molecule has 0 bridgehead atoms. The van der Waals surface area contributed by atoms with Crippen LogP contribution in [-0.4, -0.2) is 11.2 Å². The lowest BCUT2D eigenvalue weighted by molar-refractivity contribution is 0.132. The van der Waals surface area contributed by atoms with Gasteiger partial charge in [0.25, 0.3) is 0 Å². The van der Waals surface area contributed by atoms with Crippen LogP contribution in [-0.2, 0) is 0 Å². The third-order valence-electron chi connectivity index (χ3n) is 2.87. The highest BCUT2D eigenvalue weighted by Crippen LogP contribution is 2.28. The van der Waals surface area contributed by atoms with Gasteiger partial charge in [-0.25, -0.2) is 0 Å². The van der Waals surface area contributed by atoms with Gasteiger partial charge in [-0.1, -0.05) is 43.5 Å². The van der Waals surface area contributed by atoms with Crippen LogP contribution in [0.4, 0.5) is 0 Å². The van der Waals surface area contributed by atoms with Gasteiger partial charge in [-0.2, -0.15) is 0 Å². The molecule has 0 aliphatic carbocycles. The fourth-order valence-electron chi connectivity index (χ4n) is 1.85. The number of aliphatic hydroxyl groups excluding tert-OH is 1. The van der Waals surface area contributed by atoms with Crippen LogP contribution < -0.4 is 5.73 Å². The first-order valence-electron chi connectivity index (χ1n) is 5.76. The second kappa shape index (κ2) is 6.24. The van der Waals surface area contributed by atoms with Crippen LogP contribution >= 0.6 is 11.6 Å². The predicted octanol–water partition coefficient (Wildman–Crippen LogP) is 3.20. The van der Waals surface area contributed by atoms with Crippen LogP contribution in [0.5, 0.6) is 0 Å². The first kappa shape index (κ1) is 13.5. The number of hydrogen-bond acceptors (Lipinski definition) is 2. The van der Waals surface area contributed by atoms with E-state index in [0.29, 0.717) is 5.02 Å². The van der Waals surface area contributed by atoms with E-state index in [-0.39, 0.29) is 6.04 Å². The Hall–Kier alpha value is -0.570. The molecule has 2 nitrogen and oxygen atoms in total. The van der Waals surface area contributed by atoms with Crippen molar-refractivity contribution in [2.24, 2.45) is 5.73 Å². The van der Waals surface area contributed by atoms with Gasteiger partial charge >= 0.3 is 0 Å². The molecule has 0 aromatic heterocycles. The minimum absolute atomic E-state index is 0.389. The molecule has 0 saturated carbocycles. The van der Waals surface area contributed by atoms with Crippen molar-refractivity contribution in [3.63, 3.8) is 0 Å². The molecule has 1 rings (SSSR count). The Labute approximate surface area is 102 Å². The van der Waals surface area contributed by atoms with Crippen LogP contribution in [0.25, 0.3) is 0 Å². The molecular weight excluding hydrogens is 222 g/mol. The number of aryl methyl sites for hydroxylation is 1. The van der Waals surface area contributed by atoms with Gasteiger partial charge in [0, 0.05) is 5.02 Å². The van der Waals surface area contributed by atoms with E-state index in [0.717, 1.165) is 30.4 Å². The fourth-order valence-corrected chi connectivity index (χ4v) is 2.20. The van der Waals surface area contributed by atoms with Crippen molar-refractivity contribution < 1.29 is 5.11 Å². The number of unbranched alkanes of at least 4 members (excludes halogenated alkanes) is 1. The van der Waals surface area contributed by atoms with Crippen LogP contribution in [0.1, 0.15) is 43.4 Å². The van der Waals surface area contributed by atoms with E-state index in [1.807, 2.05) is 25.1 Å². The zero-order chi connectivity index (χ0) is 12.1.